The molecule has 0 saturated carbocycles. The summed E-state index contributed by atoms with van der Waals surface area (Å²) in [6.45, 7) is 1.76. The van der Waals surface area contributed by atoms with Crippen molar-refractivity contribution < 1.29 is 4.79 Å². The van der Waals surface area contributed by atoms with Crippen LogP contribution in [0.4, 0.5) is 0 Å². The van der Waals surface area contributed by atoms with Crippen LogP contribution in [0.1, 0.15) is 24.8 Å². The Morgan fingerprint density at radius 2 is 1.65 bits per heavy atom. The SMILES string of the molecule is O=C(Cc1cc(Cl)cc(Cl)c1)N1CCCCC1. The number of benzene rings is 1. The fourth-order valence-corrected chi connectivity index (χ4v) is 2.71. The van der Waals surface area contributed by atoms with Crippen molar-refractivity contribution in [2.45, 2.75) is 25.7 Å². The third kappa shape index (κ3) is 3.62. The lowest BCUT2D eigenvalue weighted by Gasteiger charge is -2.26. The minimum atomic E-state index is 0.169. The highest BCUT2D eigenvalue weighted by Gasteiger charge is 2.16. The highest BCUT2D eigenvalue weighted by atomic mass is 35.5. The van der Waals surface area contributed by atoms with Crippen molar-refractivity contribution in [3.63, 3.8) is 0 Å². The number of carbonyl (C=O) groups is 1. The van der Waals surface area contributed by atoms with Crippen LogP contribution in [0.15, 0.2) is 18.2 Å². The normalized spacial score (nSPS) is 16.0. The third-order valence-corrected chi connectivity index (χ3v) is 3.42. The number of likely N-dealkylation sites (tertiary alicyclic amines) is 1. The number of hydrogen-bond donors (Lipinski definition) is 0. The lowest BCUT2D eigenvalue weighted by atomic mass is 10.1. The van der Waals surface area contributed by atoms with Crippen molar-refractivity contribution >= 4 is 29.1 Å². The summed E-state index contributed by atoms with van der Waals surface area (Å²) < 4.78 is 0. The Bertz CT molecular complexity index is 394. The summed E-state index contributed by atoms with van der Waals surface area (Å²) in [5.74, 6) is 0.169. The lowest BCUT2D eigenvalue weighted by molar-refractivity contribution is -0.131. The molecule has 0 spiro atoms. The maximum atomic E-state index is 12.0. The molecular weight excluding hydrogens is 257 g/mol. The van der Waals surface area contributed by atoms with E-state index in [0.29, 0.717) is 16.5 Å². The van der Waals surface area contributed by atoms with E-state index in [4.69, 9.17) is 23.2 Å². The second-order valence-corrected chi connectivity index (χ2v) is 5.27. The monoisotopic (exact) mass is 271 g/mol. The van der Waals surface area contributed by atoms with Gasteiger partial charge in [-0.1, -0.05) is 23.2 Å². The molecule has 1 heterocycles. The average molecular weight is 272 g/mol. The molecule has 0 unspecified atom stereocenters. The molecule has 0 bridgehead atoms. The highest BCUT2D eigenvalue weighted by Crippen LogP contribution is 2.20. The van der Waals surface area contributed by atoms with E-state index in [1.54, 1.807) is 18.2 Å². The minimum absolute atomic E-state index is 0.169. The predicted octanol–water partition coefficient (Wildman–Crippen LogP) is 3.55. The molecule has 4 heteroatoms. The Kier molecular flexibility index (Phi) is 4.30. The van der Waals surface area contributed by atoms with Crippen molar-refractivity contribution in [3.05, 3.63) is 33.8 Å². The van der Waals surface area contributed by atoms with Crippen molar-refractivity contribution in [3.8, 4) is 0 Å². The number of piperidine rings is 1. The van der Waals surface area contributed by atoms with E-state index in [9.17, 15) is 4.79 Å². The van der Waals surface area contributed by atoms with Gasteiger partial charge < -0.3 is 4.90 Å². The molecule has 17 heavy (non-hydrogen) atoms. The summed E-state index contributed by atoms with van der Waals surface area (Å²) in [6.07, 6.45) is 3.84. The van der Waals surface area contributed by atoms with Gasteiger partial charge in [-0.05, 0) is 43.0 Å². The second kappa shape index (κ2) is 5.74. The first-order chi connectivity index (χ1) is 8.15. The van der Waals surface area contributed by atoms with Crippen LogP contribution in [-0.2, 0) is 11.2 Å². The molecule has 1 aromatic rings. The molecule has 1 aliphatic heterocycles. The molecule has 2 nitrogen and oxygen atoms in total. The zero-order valence-electron chi connectivity index (χ0n) is 9.59. The van der Waals surface area contributed by atoms with Crippen molar-refractivity contribution in [1.29, 1.82) is 0 Å². The number of amides is 1. The Morgan fingerprint density at radius 3 is 2.24 bits per heavy atom. The molecule has 0 N–H and O–H groups in total. The van der Waals surface area contributed by atoms with Gasteiger partial charge in [-0.2, -0.15) is 0 Å². The Balaban J connectivity index is 2.01. The van der Waals surface area contributed by atoms with Gasteiger partial charge in [-0.15, -0.1) is 0 Å². The van der Waals surface area contributed by atoms with Crippen LogP contribution in [0.3, 0.4) is 0 Å². The van der Waals surface area contributed by atoms with Gasteiger partial charge in [-0.25, -0.2) is 0 Å². The van der Waals surface area contributed by atoms with E-state index in [2.05, 4.69) is 0 Å². The van der Waals surface area contributed by atoms with Crippen LogP contribution >= 0.6 is 23.2 Å². The molecule has 1 aromatic carbocycles. The Labute approximate surface area is 112 Å². The van der Waals surface area contributed by atoms with Gasteiger partial charge in [0.2, 0.25) is 5.91 Å². The Hall–Kier alpha value is -0.730. The molecule has 1 amide bonds. The fourth-order valence-electron chi connectivity index (χ4n) is 2.14. The molecule has 0 atom stereocenters. The quantitative estimate of drug-likeness (QED) is 0.806. The van der Waals surface area contributed by atoms with E-state index in [1.807, 2.05) is 4.90 Å². The third-order valence-electron chi connectivity index (χ3n) is 2.99. The van der Waals surface area contributed by atoms with Gasteiger partial charge in [0.15, 0.2) is 0 Å². The predicted molar refractivity (Wildman–Crippen MR) is 70.6 cm³/mol. The number of nitrogens with zero attached hydrogens (tertiary/aromatic N) is 1. The summed E-state index contributed by atoms with van der Waals surface area (Å²) >= 11 is 11.8. The van der Waals surface area contributed by atoms with Crippen molar-refractivity contribution in [2.24, 2.45) is 0 Å². The molecule has 1 aliphatic rings. The summed E-state index contributed by atoms with van der Waals surface area (Å²) in [4.78, 5) is 14.0. The smallest absolute Gasteiger partial charge is 0.226 e. The van der Waals surface area contributed by atoms with E-state index in [0.717, 1.165) is 31.5 Å². The first kappa shape index (κ1) is 12.7. The zero-order valence-corrected chi connectivity index (χ0v) is 11.1. The maximum absolute atomic E-state index is 12.0. The lowest BCUT2D eigenvalue weighted by Crippen LogP contribution is -2.36. The van der Waals surface area contributed by atoms with Crippen LogP contribution in [0.5, 0.6) is 0 Å². The van der Waals surface area contributed by atoms with Gasteiger partial charge in [0.25, 0.3) is 0 Å². The van der Waals surface area contributed by atoms with E-state index < -0.39 is 0 Å². The van der Waals surface area contributed by atoms with Gasteiger partial charge in [0.05, 0.1) is 6.42 Å². The summed E-state index contributed by atoms with van der Waals surface area (Å²) in [5.41, 5.74) is 0.887. The largest absolute Gasteiger partial charge is 0.342 e. The van der Waals surface area contributed by atoms with Gasteiger partial charge in [-0.3, -0.25) is 4.79 Å². The summed E-state index contributed by atoms with van der Waals surface area (Å²) in [6, 6.07) is 5.28. The van der Waals surface area contributed by atoms with Crippen LogP contribution in [0.2, 0.25) is 10.0 Å². The first-order valence-electron chi connectivity index (χ1n) is 5.88. The fraction of sp³-hybridized carbons (Fsp3) is 0.462. The zero-order chi connectivity index (χ0) is 12.3. The molecule has 0 radical (unpaired) electrons. The minimum Gasteiger partial charge on any atom is -0.342 e. The van der Waals surface area contributed by atoms with Crippen LogP contribution in [0.25, 0.3) is 0 Å². The van der Waals surface area contributed by atoms with E-state index in [1.165, 1.54) is 6.42 Å². The maximum Gasteiger partial charge on any atom is 0.226 e. The van der Waals surface area contributed by atoms with Gasteiger partial charge in [0, 0.05) is 23.1 Å². The molecule has 2 rings (SSSR count). The molecule has 1 saturated heterocycles. The molecule has 0 aliphatic carbocycles. The highest BCUT2D eigenvalue weighted by molar-refractivity contribution is 6.34. The number of rotatable bonds is 2. The summed E-state index contributed by atoms with van der Waals surface area (Å²) in [5, 5.41) is 1.16. The molecular formula is C13H15Cl2NO. The molecule has 0 aromatic heterocycles. The van der Waals surface area contributed by atoms with Crippen LogP contribution in [0, 0.1) is 0 Å². The summed E-state index contributed by atoms with van der Waals surface area (Å²) in [7, 11) is 0. The molecule has 92 valence electrons. The van der Waals surface area contributed by atoms with Gasteiger partial charge in [0.1, 0.15) is 0 Å². The molecule has 1 fully saturated rings. The number of hydrogen-bond acceptors (Lipinski definition) is 1. The van der Waals surface area contributed by atoms with Crippen molar-refractivity contribution in [1.82, 2.24) is 4.90 Å². The number of halogens is 2. The van der Waals surface area contributed by atoms with E-state index in [-0.39, 0.29) is 5.91 Å². The van der Waals surface area contributed by atoms with E-state index >= 15 is 0 Å². The van der Waals surface area contributed by atoms with Gasteiger partial charge >= 0.3 is 0 Å². The first-order valence-corrected chi connectivity index (χ1v) is 6.63. The Morgan fingerprint density at radius 1 is 1.06 bits per heavy atom. The van der Waals surface area contributed by atoms with Crippen LogP contribution in [-0.4, -0.2) is 23.9 Å². The second-order valence-electron chi connectivity index (χ2n) is 4.40. The standard InChI is InChI=1S/C13H15Cl2NO/c14-11-6-10(7-12(15)9-11)8-13(17)16-4-2-1-3-5-16/h6-7,9H,1-5,8H2. The van der Waals surface area contributed by atoms with Crippen molar-refractivity contribution in [2.75, 3.05) is 13.1 Å². The van der Waals surface area contributed by atoms with Crippen LogP contribution < -0.4 is 0 Å². The number of carbonyl (C=O) groups excluding carboxylic acids is 1. The average Bonchev–Trinajstić information content (AvgIpc) is 2.28. The topological polar surface area (TPSA) is 20.3 Å².